The van der Waals surface area contributed by atoms with E-state index < -0.39 is 34.4 Å². The van der Waals surface area contributed by atoms with E-state index in [-0.39, 0.29) is 0 Å². The first kappa shape index (κ1) is 12.4. The highest BCUT2D eigenvalue weighted by Crippen LogP contribution is 2.60. The van der Waals surface area contributed by atoms with Crippen molar-refractivity contribution in [3.05, 3.63) is 11.1 Å². The molecule has 1 saturated carbocycles. The molecule has 1 N–H and O–H groups in total. The fourth-order valence-corrected chi connectivity index (χ4v) is 1.85. The second-order valence-corrected chi connectivity index (χ2v) is 4.58. The lowest BCUT2D eigenvalue weighted by Crippen LogP contribution is -2.07. The van der Waals surface area contributed by atoms with Crippen LogP contribution in [0.2, 0.25) is 0 Å². The van der Waals surface area contributed by atoms with Crippen LogP contribution in [0.4, 0.5) is 13.2 Å². The molecule has 15 heavy (non-hydrogen) atoms. The van der Waals surface area contributed by atoms with Gasteiger partial charge in [-0.25, -0.2) is 0 Å². The van der Waals surface area contributed by atoms with Gasteiger partial charge in [0.1, 0.15) is 5.03 Å². The van der Waals surface area contributed by atoms with Crippen LogP contribution in [-0.2, 0) is 4.79 Å². The number of carbonyl (C=O) groups is 1. The van der Waals surface area contributed by atoms with Crippen LogP contribution in [0, 0.1) is 17.3 Å². The third-order valence-electron chi connectivity index (χ3n) is 2.77. The molecular weight excluding hydrogens is 233 g/mol. The van der Waals surface area contributed by atoms with Crippen LogP contribution in [0.3, 0.4) is 0 Å². The number of carboxylic acids is 1. The number of aliphatic carboxylic acids is 1. The molecule has 1 unspecified atom stereocenters. The molecule has 1 aliphatic carbocycles. The zero-order valence-electron chi connectivity index (χ0n) is 8.10. The summed E-state index contributed by atoms with van der Waals surface area (Å²) in [5.74, 6) is -2.52. The molecule has 0 bridgehead atoms. The van der Waals surface area contributed by atoms with E-state index in [4.69, 9.17) is 16.7 Å². The summed E-state index contributed by atoms with van der Waals surface area (Å²) >= 11 is 5.03. The maximum atomic E-state index is 12.1. The SMILES string of the molecule is CC1(C)C(C=C(Cl)C(F)(F)F)[C@H]1C(=O)O. The highest BCUT2D eigenvalue weighted by Gasteiger charge is 2.61. The van der Waals surface area contributed by atoms with E-state index >= 15 is 0 Å². The van der Waals surface area contributed by atoms with Gasteiger partial charge in [0.25, 0.3) is 0 Å². The van der Waals surface area contributed by atoms with Gasteiger partial charge in [0.2, 0.25) is 0 Å². The third-order valence-corrected chi connectivity index (χ3v) is 3.11. The summed E-state index contributed by atoms with van der Waals surface area (Å²) in [6, 6.07) is 0. The summed E-state index contributed by atoms with van der Waals surface area (Å²) in [7, 11) is 0. The highest BCUT2D eigenvalue weighted by atomic mass is 35.5. The fourth-order valence-electron chi connectivity index (χ4n) is 1.71. The molecule has 0 amide bonds. The summed E-state index contributed by atoms with van der Waals surface area (Å²) in [5.41, 5.74) is -0.656. The molecule has 1 rings (SSSR count). The van der Waals surface area contributed by atoms with Gasteiger partial charge in [-0.3, -0.25) is 4.79 Å². The summed E-state index contributed by atoms with van der Waals surface area (Å²) in [6.07, 6.45) is -3.80. The molecule has 0 aromatic carbocycles. The van der Waals surface area contributed by atoms with Crippen molar-refractivity contribution in [3.8, 4) is 0 Å². The van der Waals surface area contributed by atoms with Crippen LogP contribution in [0.25, 0.3) is 0 Å². The van der Waals surface area contributed by atoms with Crippen molar-refractivity contribution in [3.63, 3.8) is 0 Å². The summed E-state index contributed by atoms with van der Waals surface area (Å²) in [6.45, 7) is 3.21. The van der Waals surface area contributed by atoms with Crippen LogP contribution in [-0.4, -0.2) is 17.3 Å². The molecule has 0 aromatic rings. The van der Waals surface area contributed by atoms with Gasteiger partial charge in [0.05, 0.1) is 5.92 Å². The Morgan fingerprint density at radius 3 is 2.20 bits per heavy atom. The smallest absolute Gasteiger partial charge is 0.426 e. The molecule has 86 valence electrons. The lowest BCUT2D eigenvalue weighted by molar-refractivity contribution is -0.139. The number of hydrogen-bond acceptors (Lipinski definition) is 1. The minimum Gasteiger partial charge on any atom is -0.481 e. The lowest BCUT2D eigenvalue weighted by atomic mass is 10.1. The molecule has 0 heterocycles. The van der Waals surface area contributed by atoms with Gasteiger partial charge in [0, 0.05) is 0 Å². The van der Waals surface area contributed by atoms with Crippen LogP contribution in [0.1, 0.15) is 13.8 Å². The first-order valence-corrected chi connectivity index (χ1v) is 4.63. The predicted octanol–water partition coefficient (Wildman–Crippen LogP) is 3.03. The minimum absolute atomic E-state index is 0.649. The molecule has 0 radical (unpaired) electrons. The maximum absolute atomic E-state index is 12.1. The van der Waals surface area contributed by atoms with Gasteiger partial charge >= 0.3 is 12.1 Å². The van der Waals surface area contributed by atoms with Crippen molar-refractivity contribution in [2.75, 3.05) is 0 Å². The maximum Gasteiger partial charge on any atom is 0.426 e. The molecule has 1 aliphatic rings. The number of alkyl halides is 3. The average Bonchev–Trinajstić information content (AvgIpc) is 2.50. The van der Waals surface area contributed by atoms with Gasteiger partial charge in [-0.15, -0.1) is 0 Å². The van der Waals surface area contributed by atoms with Crippen molar-refractivity contribution in [2.24, 2.45) is 17.3 Å². The van der Waals surface area contributed by atoms with Crippen LogP contribution >= 0.6 is 11.6 Å². The number of hydrogen-bond donors (Lipinski definition) is 1. The highest BCUT2D eigenvalue weighted by molar-refractivity contribution is 6.30. The van der Waals surface area contributed by atoms with Crippen molar-refractivity contribution < 1.29 is 23.1 Å². The normalized spacial score (nSPS) is 30.1. The standard InChI is InChI=1S/C9H10ClF3O2/c1-8(2)4(6(8)7(14)15)3-5(10)9(11,12)13/h3-4,6H,1-2H3,(H,14,15)/t4?,6-/m0/s1. The second kappa shape index (κ2) is 3.40. The molecular formula is C9H10ClF3O2. The van der Waals surface area contributed by atoms with Gasteiger partial charge in [0.15, 0.2) is 0 Å². The number of allylic oxidation sites excluding steroid dienone is 2. The van der Waals surface area contributed by atoms with E-state index in [1.165, 1.54) is 0 Å². The number of carboxylic acid groups (broad SMARTS) is 1. The monoisotopic (exact) mass is 242 g/mol. The molecule has 0 aliphatic heterocycles. The lowest BCUT2D eigenvalue weighted by Gasteiger charge is -2.04. The Morgan fingerprint density at radius 2 is 1.93 bits per heavy atom. The number of rotatable bonds is 2. The summed E-state index contributed by atoms with van der Waals surface area (Å²) in [5, 5.41) is 7.48. The van der Waals surface area contributed by atoms with Crippen molar-refractivity contribution >= 4 is 17.6 Å². The first-order valence-electron chi connectivity index (χ1n) is 4.26. The third kappa shape index (κ3) is 2.27. The summed E-state index contributed by atoms with van der Waals surface area (Å²) in [4.78, 5) is 10.7. The van der Waals surface area contributed by atoms with E-state index in [9.17, 15) is 18.0 Å². The molecule has 0 spiro atoms. The first-order chi connectivity index (χ1) is 6.58. The Balaban J connectivity index is 2.83. The van der Waals surface area contributed by atoms with Crippen molar-refractivity contribution in [1.82, 2.24) is 0 Å². The topological polar surface area (TPSA) is 37.3 Å². The van der Waals surface area contributed by atoms with Gasteiger partial charge in [-0.1, -0.05) is 31.5 Å². The average molecular weight is 243 g/mol. The van der Waals surface area contributed by atoms with Crippen molar-refractivity contribution in [1.29, 1.82) is 0 Å². The van der Waals surface area contributed by atoms with Crippen LogP contribution in [0.15, 0.2) is 11.1 Å². The zero-order valence-corrected chi connectivity index (χ0v) is 8.86. The molecule has 6 heteroatoms. The Kier molecular flexibility index (Phi) is 2.80. The van der Waals surface area contributed by atoms with E-state index in [1.54, 1.807) is 13.8 Å². The zero-order chi connectivity index (χ0) is 12.0. The van der Waals surface area contributed by atoms with Crippen molar-refractivity contribution in [2.45, 2.75) is 20.0 Å². The van der Waals surface area contributed by atoms with E-state index in [1.807, 2.05) is 0 Å². The largest absolute Gasteiger partial charge is 0.481 e. The second-order valence-electron chi connectivity index (χ2n) is 4.18. The molecule has 2 atom stereocenters. The molecule has 2 nitrogen and oxygen atoms in total. The van der Waals surface area contributed by atoms with Gasteiger partial charge < -0.3 is 5.11 Å². The molecule has 0 aromatic heterocycles. The van der Waals surface area contributed by atoms with Gasteiger partial charge in [-0.05, 0) is 11.3 Å². The quantitative estimate of drug-likeness (QED) is 0.808. The van der Waals surface area contributed by atoms with E-state index in [2.05, 4.69) is 0 Å². The predicted molar refractivity (Wildman–Crippen MR) is 48.4 cm³/mol. The van der Waals surface area contributed by atoms with Crippen LogP contribution in [0.5, 0.6) is 0 Å². The Morgan fingerprint density at radius 1 is 1.47 bits per heavy atom. The van der Waals surface area contributed by atoms with E-state index in [0.717, 1.165) is 6.08 Å². The number of halogens is 4. The molecule has 1 fully saturated rings. The van der Waals surface area contributed by atoms with Gasteiger partial charge in [-0.2, -0.15) is 13.2 Å². The fraction of sp³-hybridized carbons (Fsp3) is 0.667. The Labute approximate surface area is 89.7 Å². The van der Waals surface area contributed by atoms with Crippen LogP contribution < -0.4 is 0 Å². The minimum atomic E-state index is -4.59. The Bertz CT molecular complexity index is 320. The Hall–Kier alpha value is -0.710. The molecule has 0 saturated heterocycles. The summed E-state index contributed by atoms with van der Waals surface area (Å²) < 4.78 is 36.2. The van der Waals surface area contributed by atoms with E-state index in [0.29, 0.717) is 0 Å².